The minimum Gasteiger partial charge on any atom is -0.478 e. The van der Waals surface area contributed by atoms with E-state index in [-0.39, 0.29) is 34.7 Å². The van der Waals surface area contributed by atoms with E-state index >= 15 is 0 Å². The second kappa shape index (κ2) is 14.5. The SMILES string of the molecule is CN(C)/C=N/C(=N)c1coc(Cn2ccc3c[n+](CC4=C(C(=O)O)N5C(=O)[C@@H](NC(=O)/C(=N\OC(C)(C)C(=O)O)c6csc(N)n6)[C@H]5SC4)ccc32)n1. The van der Waals surface area contributed by atoms with Gasteiger partial charge in [-0.2, -0.15) is 0 Å². The third-order valence-electron chi connectivity index (χ3n) is 8.06. The molecule has 0 unspecified atom stereocenters. The number of aliphatic carboxylic acids is 2. The fourth-order valence-electron chi connectivity index (χ4n) is 5.34. The molecule has 53 heavy (non-hydrogen) atoms. The molecule has 0 saturated carbocycles. The van der Waals surface area contributed by atoms with Gasteiger partial charge < -0.3 is 40.0 Å². The number of nitrogens with one attached hydrogen (secondary N) is 2. The van der Waals surface area contributed by atoms with Gasteiger partial charge in [0.25, 0.3) is 11.8 Å². The van der Waals surface area contributed by atoms with Crippen LogP contribution >= 0.6 is 23.1 Å². The van der Waals surface area contributed by atoms with Crippen molar-refractivity contribution in [1.82, 2.24) is 29.7 Å². The molecule has 4 aromatic heterocycles. The maximum absolute atomic E-state index is 13.4. The number of carboxylic acid groups (broad SMARTS) is 2. The summed E-state index contributed by atoms with van der Waals surface area (Å²) in [6.45, 7) is 2.97. The predicted molar refractivity (Wildman–Crippen MR) is 192 cm³/mol. The summed E-state index contributed by atoms with van der Waals surface area (Å²) >= 11 is 2.31. The zero-order valence-electron chi connectivity index (χ0n) is 28.7. The van der Waals surface area contributed by atoms with E-state index in [9.17, 15) is 29.4 Å². The van der Waals surface area contributed by atoms with Crippen LogP contribution < -0.4 is 15.6 Å². The number of nitrogen functional groups attached to an aromatic ring is 1. The van der Waals surface area contributed by atoms with Gasteiger partial charge in [-0.15, -0.1) is 23.1 Å². The third-order valence-corrected chi connectivity index (χ3v) is 10.1. The average molecular weight is 765 g/mol. The first-order chi connectivity index (χ1) is 25.1. The molecule has 276 valence electrons. The molecule has 19 nitrogen and oxygen atoms in total. The molecule has 0 spiro atoms. The maximum Gasteiger partial charge on any atom is 0.352 e. The van der Waals surface area contributed by atoms with Gasteiger partial charge in [-0.3, -0.25) is 19.9 Å². The summed E-state index contributed by atoms with van der Waals surface area (Å²) in [4.78, 5) is 71.3. The summed E-state index contributed by atoms with van der Waals surface area (Å²) in [5.74, 6) is -3.51. The lowest BCUT2D eigenvalue weighted by atomic mass is 10.0. The number of hydrogen-bond donors (Lipinski definition) is 5. The minimum absolute atomic E-state index is 0.0124. The Morgan fingerprint density at radius 2 is 2.04 bits per heavy atom. The fourth-order valence-corrected chi connectivity index (χ4v) is 7.22. The molecular weight excluding hydrogens is 731 g/mol. The van der Waals surface area contributed by atoms with E-state index in [2.05, 4.69) is 25.4 Å². The lowest BCUT2D eigenvalue weighted by Gasteiger charge is -2.49. The second-order valence-electron chi connectivity index (χ2n) is 12.6. The Morgan fingerprint density at radius 1 is 1.26 bits per heavy atom. The number of nitrogens with zero attached hydrogens (tertiary/aromatic N) is 8. The molecule has 6 heterocycles. The van der Waals surface area contributed by atoms with Crippen molar-refractivity contribution in [1.29, 1.82) is 5.41 Å². The first-order valence-electron chi connectivity index (χ1n) is 15.8. The van der Waals surface area contributed by atoms with E-state index in [1.165, 1.54) is 43.6 Å². The van der Waals surface area contributed by atoms with Crippen molar-refractivity contribution in [3.8, 4) is 0 Å². The fraction of sp³-hybridized carbons (Fsp3) is 0.312. The van der Waals surface area contributed by atoms with Crippen molar-refractivity contribution in [2.75, 3.05) is 25.6 Å². The van der Waals surface area contributed by atoms with Crippen LogP contribution in [-0.2, 0) is 37.1 Å². The Bertz CT molecular complexity index is 2240. The highest BCUT2D eigenvalue weighted by Gasteiger charge is 2.55. The number of amides is 2. The highest BCUT2D eigenvalue weighted by molar-refractivity contribution is 8.00. The first-order valence-corrected chi connectivity index (χ1v) is 17.7. The molecule has 2 amide bonds. The quantitative estimate of drug-likeness (QED) is 0.0418. The molecule has 1 saturated heterocycles. The van der Waals surface area contributed by atoms with Crippen LogP contribution in [0.5, 0.6) is 0 Å². The molecule has 6 rings (SSSR count). The molecule has 0 aromatic carbocycles. The number of nitrogens with two attached hydrogens (primary N) is 1. The molecule has 2 atom stereocenters. The number of hydrogen-bond acceptors (Lipinski definition) is 13. The summed E-state index contributed by atoms with van der Waals surface area (Å²) in [7, 11) is 3.60. The Labute approximate surface area is 308 Å². The number of oxazole rings is 1. The largest absolute Gasteiger partial charge is 0.478 e. The molecule has 0 bridgehead atoms. The smallest absolute Gasteiger partial charge is 0.352 e. The Morgan fingerprint density at radius 3 is 2.72 bits per heavy atom. The zero-order chi connectivity index (χ0) is 38.2. The van der Waals surface area contributed by atoms with Crippen LogP contribution in [0.4, 0.5) is 5.13 Å². The van der Waals surface area contributed by atoms with Crippen LogP contribution in [0, 0.1) is 5.41 Å². The van der Waals surface area contributed by atoms with E-state index < -0.39 is 46.5 Å². The summed E-state index contributed by atoms with van der Waals surface area (Å²) in [5, 5.41) is 35.7. The molecule has 1 fully saturated rings. The van der Waals surface area contributed by atoms with Gasteiger partial charge in [0.05, 0.1) is 23.8 Å². The van der Waals surface area contributed by atoms with Crippen LogP contribution in [-0.4, -0.2) is 113 Å². The molecule has 0 aliphatic carbocycles. The number of carbonyl (C=O) groups is 4. The lowest BCUT2D eigenvalue weighted by molar-refractivity contribution is -0.687. The van der Waals surface area contributed by atoms with Crippen LogP contribution in [0.3, 0.4) is 0 Å². The first kappa shape index (κ1) is 36.7. The Hall–Kier alpha value is -6.09. The van der Waals surface area contributed by atoms with Crippen LogP contribution in [0.25, 0.3) is 10.9 Å². The number of anilines is 1. The van der Waals surface area contributed by atoms with Crippen molar-refractivity contribution in [2.24, 2.45) is 10.1 Å². The molecule has 2 aliphatic heterocycles. The molecule has 4 aromatic rings. The number of oxime groups is 1. The van der Waals surface area contributed by atoms with Gasteiger partial charge >= 0.3 is 11.9 Å². The van der Waals surface area contributed by atoms with E-state index in [1.54, 1.807) is 25.2 Å². The van der Waals surface area contributed by atoms with Crippen LogP contribution in [0.15, 0.2) is 68.2 Å². The van der Waals surface area contributed by atoms with Gasteiger partial charge in [0.15, 0.2) is 35.6 Å². The highest BCUT2D eigenvalue weighted by Crippen LogP contribution is 2.40. The second-order valence-corrected chi connectivity index (χ2v) is 14.6. The van der Waals surface area contributed by atoms with Crippen LogP contribution in [0.1, 0.15) is 31.1 Å². The average Bonchev–Trinajstić information content (AvgIpc) is 3.86. The third kappa shape index (κ3) is 7.60. The topological polar surface area (TPSA) is 259 Å². The standard InChI is InChI=1S/C32H33N11O8S2/c1-32(2,30(48)49)51-39-22(19-14-53-31(34)37-19)26(44)38-23-27(45)43-24(29(46)47)17(13-52-28(23)43)10-41-7-6-20-16(9-41)5-8-42(20)11-21-36-18(12-50-21)25(33)35-15-40(3)4/h5-9,12,14-15,23,28,33H,10-11,13H2,1-4H3,(H4-,34,37,38,44,46,47,48,49)/p+1/b33-25?,35-15+,39-22-/t23-,28-/m1/s1. The number of carbonyl (C=O) groups excluding carboxylic acids is 2. The van der Waals surface area contributed by atoms with Gasteiger partial charge in [0.2, 0.25) is 11.5 Å². The summed E-state index contributed by atoms with van der Waals surface area (Å²) < 4.78 is 9.33. The molecule has 0 radical (unpaired) electrons. The van der Waals surface area contributed by atoms with E-state index in [0.29, 0.717) is 23.7 Å². The van der Waals surface area contributed by atoms with Gasteiger partial charge in [0, 0.05) is 43.1 Å². The van der Waals surface area contributed by atoms with Gasteiger partial charge in [-0.1, -0.05) is 5.16 Å². The number of thioether (sulfide) groups is 1. The number of amidine groups is 1. The number of carboxylic acids is 2. The van der Waals surface area contributed by atoms with Gasteiger partial charge in [-0.25, -0.2) is 29.1 Å². The maximum atomic E-state index is 13.4. The highest BCUT2D eigenvalue weighted by atomic mass is 32.2. The normalized spacial score (nSPS) is 17.5. The van der Waals surface area contributed by atoms with Gasteiger partial charge in [-0.05, 0) is 19.9 Å². The zero-order valence-corrected chi connectivity index (χ0v) is 30.3. The van der Waals surface area contributed by atoms with Crippen LogP contribution in [0.2, 0.25) is 0 Å². The number of rotatable bonds is 13. The minimum atomic E-state index is -1.78. The van der Waals surface area contributed by atoms with Crippen molar-refractivity contribution in [3.05, 3.63) is 70.9 Å². The van der Waals surface area contributed by atoms with Crippen molar-refractivity contribution < 1.29 is 43.2 Å². The number of aliphatic imine (C=N–C) groups is 1. The summed E-state index contributed by atoms with van der Waals surface area (Å²) in [6, 6.07) is 2.67. The van der Waals surface area contributed by atoms with E-state index in [1.807, 2.05) is 33.7 Å². The van der Waals surface area contributed by atoms with Crippen molar-refractivity contribution >= 4 is 80.8 Å². The van der Waals surface area contributed by atoms with Crippen molar-refractivity contribution in [2.45, 2.75) is 44.0 Å². The van der Waals surface area contributed by atoms with Gasteiger partial charge in [0.1, 0.15) is 34.8 Å². The number of fused-ring (bicyclic) bond motifs is 2. The summed E-state index contributed by atoms with van der Waals surface area (Å²) in [6.07, 6.45) is 8.42. The lowest BCUT2D eigenvalue weighted by Crippen LogP contribution is -2.71. The molecule has 6 N–H and O–H groups in total. The van der Waals surface area contributed by atoms with E-state index in [4.69, 9.17) is 20.4 Å². The monoisotopic (exact) mass is 764 g/mol. The number of aromatic nitrogens is 4. The number of β-lactam (4-membered cyclic amide) rings is 1. The van der Waals surface area contributed by atoms with E-state index in [0.717, 1.165) is 27.1 Å². The number of pyridine rings is 1. The predicted octanol–water partition coefficient (Wildman–Crippen LogP) is 0.942. The Balaban J connectivity index is 1.16. The summed E-state index contributed by atoms with van der Waals surface area (Å²) in [5.41, 5.74) is 5.07. The van der Waals surface area contributed by atoms with Crippen molar-refractivity contribution in [3.63, 3.8) is 0 Å². The number of thiazole rings is 1. The molecular formula is C32H34N11O8S2+. The Kier molecular flexibility index (Phi) is 10.0. The molecule has 21 heteroatoms. The molecule has 2 aliphatic rings.